The van der Waals surface area contributed by atoms with Crippen LogP contribution < -0.4 is 0 Å². The van der Waals surface area contributed by atoms with Gasteiger partial charge in [-0.2, -0.15) is 0 Å². The summed E-state index contributed by atoms with van der Waals surface area (Å²) in [5.74, 6) is 0.456. The predicted octanol–water partition coefficient (Wildman–Crippen LogP) is 5.89. The van der Waals surface area contributed by atoms with E-state index in [4.69, 9.17) is 0 Å². The molecular formula is C22H30O. The number of rotatable bonds is 2. The standard InChI is InChI=1S/C22H30O/c1-15-8-10-16(11-9-15)12-17-13-18(21(2,3)4)20(23)19(14-17)22(5,6)7/h8-11,13-14,23H,12H2,1-7H3. The first-order valence-electron chi connectivity index (χ1n) is 8.41. The second-order valence-corrected chi connectivity index (χ2v) is 8.70. The predicted molar refractivity (Wildman–Crippen MR) is 99.5 cm³/mol. The van der Waals surface area contributed by atoms with Gasteiger partial charge >= 0.3 is 0 Å². The molecule has 0 aromatic heterocycles. The lowest BCUT2D eigenvalue weighted by atomic mass is 9.78. The number of phenolic OH excluding ortho intramolecular Hbond substituents is 1. The average Bonchev–Trinajstić information content (AvgIpc) is 2.40. The molecule has 0 radical (unpaired) electrons. The van der Waals surface area contributed by atoms with E-state index in [-0.39, 0.29) is 10.8 Å². The van der Waals surface area contributed by atoms with Gasteiger partial charge in [0.15, 0.2) is 0 Å². The van der Waals surface area contributed by atoms with E-state index in [1.54, 1.807) is 0 Å². The van der Waals surface area contributed by atoms with E-state index in [0.29, 0.717) is 5.75 Å². The zero-order valence-corrected chi connectivity index (χ0v) is 15.6. The van der Waals surface area contributed by atoms with Crippen molar-refractivity contribution < 1.29 is 5.11 Å². The Balaban J connectivity index is 2.53. The number of aromatic hydroxyl groups is 1. The Morgan fingerprint density at radius 2 is 1.17 bits per heavy atom. The summed E-state index contributed by atoms with van der Waals surface area (Å²) in [5.41, 5.74) is 5.77. The van der Waals surface area contributed by atoms with Crippen LogP contribution in [0.4, 0.5) is 0 Å². The molecule has 0 atom stereocenters. The summed E-state index contributed by atoms with van der Waals surface area (Å²) in [6.07, 6.45) is 0.896. The van der Waals surface area contributed by atoms with E-state index in [0.717, 1.165) is 17.5 Å². The summed E-state index contributed by atoms with van der Waals surface area (Å²) >= 11 is 0. The largest absolute Gasteiger partial charge is 0.507 e. The van der Waals surface area contributed by atoms with Crippen LogP contribution in [0.5, 0.6) is 5.75 Å². The molecule has 0 unspecified atom stereocenters. The second kappa shape index (κ2) is 6.03. The quantitative estimate of drug-likeness (QED) is 0.733. The van der Waals surface area contributed by atoms with Crippen LogP contribution in [0.2, 0.25) is 0 Å². The normalized spacial score (nSPS) is 12.5. The van der Waals surface area contributed by atoms with Crippen molar-refractivity contribution in [2.24, 2.45) is 0 Å². The first-order chi connectivity index (χ1) is 10.5. The Hall–Kier alpha value is -1.76. The molecule has 0 fully saturated rings. The molecule has 0 aliphatic carbocycles. The Morgan fingerprint density at radius 3 is 1.57 bits per heavy atom. The molecule has 0 saturated carbocycles. The van der Waals surface area contributed by atoms with E-state index in [1.165, 1.54) is 16.7 Å². The molecule has 0 heterocycles. The first kappa shape index (κ1) is 17.6. The maximum absolute atomic E-state index is 10.8. The lowest BCUT2D eigenvalue weighted by Crippen LogP contribution is -2.18. The minimum atomic E-state index is -0.0760. The molecule has 2 aromatic carbocycles. The van der Waals surface area contributed by atoms with Gasteiger partial charge in [0, 0.05) is 0 Å². The van der Waals surface area contributed by atoms with E-state index in [9.17, 15) is 5.11 Å². The number of benzene rings is 2. The molecule has 1 N–H and O–H groups in total. The molecular weight excluding hydrogens is 280 g/mol. The summed E-state index contributed by atoms with van der Waals surface area (Å²) < 4.78 is 0. The van der Waals surface area contributed by atoms with Crippen LogP contribution in [0.15, 0.2) is 36.4 Å². The third-order valence-electron chi connectivity index (χ3n) is 4.31. The van der Waals surface area contributed by atoms with E-state index < -0.39 is 0 Å². The minimum absolute atomic E-state index is 0.0760. The molecule has 0 spiro atoms. The minimum Gasteiger partial charge on any atom is -0.507 e. The number of aryl methyl sites for hydroxylation is 1. The van der Waals surface area contributed by atoms with Crippen LogP contribution in [0.3, 0.4) is 0 Å². The van der Waals surface area contributed by atoms with Gasteiger partial charge in [-0.15, -0.1) is 0 Å². The van der Waals surface area contributed by atoms with Gasteiger partial charge in [0.1, 0.15) is 5.75 Å². The van der Waals surface area contributed by atoms with E-state index >= 15 is 0 Å². The topological polar surface area (TPSA) is 20.2 Å². The van der Waals surface area contributed by atoms with E-state index in [2.05, 4.69) is 84.9 Å². The molecule has 0 aliphatic heterocycles. The van der Waals surface area contributed by atoms with Crippen molar-refractivity contribution in [3.05, 3.63) is 64.2 Å². The summed E-state index contributed by atoms with van der Waals surface area (Å²) in [6.45, 7) is 15.1. The van der Waals surface area contributed by atoms with E-state index in [1.807, 2.05) is 0 Å². The number of hydrogen-bond acceptors (Lipinski definition) is 1. The zero-order valence-electron chi connectivity index (χ0n) is 15.6. The van der Waals surface area contributed by atoms with Crippen molar-refractivity contribution in [2.75, 3.05) is 0 Å². The van der Waals surface area contributed by atoms with Crippen molar-refractivity contribution in [2.45, 2.75) is 65.7 Å². The molecule has 0 saturated heterocycles. The van der Waals surface area contributed by atoms with Gasteiger partial charge in [0.05, 0.1) is 0 Å². The van der Waals surface area contributed by atoms with Gasteiger partial charge in [-0.3, -0.25) is 0 Å². The Labute approximate surface area is 141 Å². The molecule has 1 heteroatoms. The SMILES string of the molecule is Cc1ccc(Cc2cc(C(C)(C)C)c(O)c(C(C)(C)C)c2)cc1. The number of phenols is 1. The van der Waals surface area contributed by atoms with Crippen LogP contribution >= 0.6 is 0 Å². The smallest absolute Gasteiger partial charge is 0.123 e. The highest BCUT2D eigenvalue weighted by Crippen LogP contribution is 2.40. The molecule has 1 nitrogen and oxygen atoms in total. The van der Waals surface area contributed by atoms with Gasteiger partial charge in [-0.05, 0) is 46.4 Å². The lowest BCUT2D eigenvalue weighted by molar-refractivity contribution is 0.423. The fourth-order valence-corrected chi connectivity index (χ4v) is 2.88. The van der Waals surface area contributed by atoms with Crippen LogP contribution in [-0.4, -0.2) is 5.11 Å². The molecule has 0 aliphatic rings. The second-order valence-electron chi connectivity index (χ2n) is 8.70. The number of hydrogen-bond donors (Lipinski definition) is 1. The van der Waals surface area contributed by atoms with Gasteiger partial charge in [0.25, 0.3) is 0 Å². The monoisotopic (exact) mass is 310 g/mol. The van der Waals surface area contributed by atoms with Gasteiger partial charge in [-0.25, -0.2) is 0 Å². The maximum atomic E-state index is 10.8. The van der Waals surface area contributed by atoms with Crippen LogP contribution in [0.1, 0.15) is 69.4 Å². The summed E-state index contributed by atoms with van der Waals surface area (Å²) in [5, 5.41) is 10.8. The maximum Gasteiger partial charge on any atom is 0.123 e. The van der Waals surface area contributed by atoms with Gasteiger partial charge in [0.2, 0.25) is 0 Å². The highest BCUT2D eigenvalue weighted by Gasteiger charge is 2.26. The third kappa shape index (κ3) is 4.16. The Bertz CT molecular complexity index is 644. The van der Waals surface area contributed by atoms with Gasteiger partial charge in [-0.1, -0.05) is 83.5 Å². The first-order valence-corrected chi connectivity index (χ1v) is 8.41. The van der Waals surface area contributed by atoms with Gasteiger partial charge < -0.3 is 5.11 Å². The zero-order chi connectivity index (χ0) is 17.4. The van der Waals surface area contributed by atoms with Crippen molar-refractivity contribution in [3.63, 3.8) is 0 Å². The molecule has 2 aromatic rings. The van der Waals surface area contributed by atoms with Crippen molar-refractivity contribution >= 4 is 0 Å². The van der Waals surface area contributed by atoms with Crippen molar-refractivity contribution in [1.82, 2.24) is 0 Å². The van der Waals surface area contributed by atoms with Crippen LogP contribution in [0.25, 0.3) is 0 Å². The fraction of sp³-hybridized carbons (Fsp3) is 0.455. The van der Waals surface area contributed by atoms with Crippen molar-refractivity contribution in [3.8, 4) is 5.75 Å². The highest BCUT2D eigenvalue weighted by molar-refractivity contribution is 5.50. The summed E-state index contributed by atoms with van der Waals surface area (Å²) in [6, 6.07) is 13.0. The molecule has 23 heavy (non-hydrogen) atoms. The molecule has 2 rings (SSSR count). The summed E-state index contributed by atoms with van der Waals surface area (Å²) in [7, 11) is 0. The third-order valence-corrected chi connectivity index (χ3v) is 4.31. The summed E-state index contributed by atoms with van der Waals surface area (Å²) in [4.78, 5) is 0. The van der Waals surface area contributed by atoms with Crippen molar-refractivity contribution in [1.29, 1.82) is 0 Å². The molecule has 124 valence electrons. The van der Waals surface area contributed by atoms with Crippen LogP contribution in [0, 0.1) is 6.92 Å². The lowest BCUT2D eigenvalue weighted by Gasteiger charge is -2.28. The Kier molecular flexibility index (Phi) is 4.61. The average molecular weight is 310 g/mol. The fourth-order valence-electron chi connectivity index (χ4n) is 2.88. The highest BCUT2D eigenvalue weighted by atomic mass is 16.3. The molecule has 0 bridgehead atoms. The Morgan fingerprint density at radius 1 is 0.739 bits per heavy atom. The van der Waals surface area contributed by atoms with Crippen LogP contribution in [-0.2, 0) is 17.3 Å². The molecule has 0 amide bonds.